The Hall–Kier alpha value is 0.140. The molecule has 1 aliphatic carbocycles. The van der Waals surface area contributed by atoms with Crippen molar-refractivity contribution in [3.05, 3.63) is 11.6 Å². The number of alkyl halides is 1. The lowest BCUT2D eigenvalue weighted by Crippen LogP contribution is -2.02. The van der Waals surface area contributed by atoms with Crippen LogP contribution in [0.2, 0.25) is 0 Å². The summed E-state index contributed by atoms with van der Waals surface area (Å²) in [6.07, 6.45) is 7.21. The minimum atomic E-state index is 0.333. The zero-order valence-electron chi connectivity index (χ0n) is 6.61. The van der Waals surface area contributed by atoms with Crippen molar-refractivity contribution in [3.8, 4) is 0 Å². The van der Waals surface area contributed by atoms with Crippen molar-refractivity contribution < 1.29 is 4.79 Å². The summed E-state index contributed by atoms with van der Waals surface area (Å²) in [5.41, 5.74) is 1.37. The number of carbonyl (C=O) groups excluding carboxylic acids is 1. The average Bonchev–Trinajstić information content (AvgIpc) is 2.01. The second-order valence-corrected chi connectivity index (χ2v) is 3.99. The molecule has 2 heteroatoms. The van der Waals surface area contributed by atoms with Crippen LogP contribution in [0.1, 0.15) is 32.1 Å². The molecule has 0 unspecified atom stereocenters. The number of ketones is 1. The molecule has 1 rings (SSSR count). The van der Waals surface area contributed by atoms with Crippen molar-refractivity contribution in [2.24, 2.45) is 0 Å². The topological polar surface area (TPSA) is 17.1 Å². The Morgan fingerprint density at radius 2 is 2.27 bits per heavy atom. The van der Waals surface area contributed by atoms with Crippen LogP contribution in [-0.2, 0) is 4.79 Å². The van der Waals surface area contributed by atoms with E-state index in [1.807, 2.05) is 6.08 Å². The first-order valence-corrected chi connectivity index (χ1v) is 5.63. The summed E-state index contributed by atoms with van der Waals surface area (Å²) in [6, 6.07) is 0. The highest BCUT2D eigenvalue weighted by Crippen LogP contribution is 2.19. The number of rotatable bonds is 3. The molecule has 0 amide bonds. The minimum Gasteiger partial charge on any atom is -0.295 e. The van der Waals surface area contributed by atoms with Crippen LogP contribution in [-0.4, -0.2) is 10.2 Å². The minimum absolute atomic E-state index is 0.333. The van der Waals surface area contributed by atoms with E-state index in [1.165, 1.54) is 16.4 Å². The number of hydrogen-bond acceptors (Lipinski definition) is 1. The summed E-state index contributed by atoms with van der Waals surface area (Å²) >= 11 is 2.38. The van der Waals surface area contributed by atoms with Crippen molar-refractivity contribution in [1.82, 2.24) is 0 Å². The molecule has 62 valence electrons. The smallest absolute Gasteiger partial charge is 0.155 e. The van der Waals surface area contributed by atoms with Gasteiger partial charge in [-0.1, -0.05) is 28.2 Å². The van der Waals surface area contributed by atoms with Gasteiger partial charge in [0, 0.05) is 6.42 Å². The molecular formula is C9H13IO. The monoisotopic (exact) mass is 264 g/mol. The van der Waals surface area contributed by atoms with Gasteiger partial charge in [-0.3, -0.25) is 4.79 Å². The third-order valence-electron chi connectivity index (χ3n) is 1.92. The quantitative estimate of drug-likeness (QED) is 0.566. The van der Waals surface area contributed by atoms with Crippen LogP contribution < -0.4 is 0 Å². The molecule has 1 aliphatic rings. The van der Waals surface area contributed by atoms with Crippen molar-refractivity contribution in [1.29, 1.82) is 0 Å². The molecule has 0 aromatic heterocycles. The molecule has 0 aromatic carbocycles. The van der Waals surface area contributed by atoms with Crippen molar-refractivity contribution >= 4 is 28.4 Å². The lowest BCUT2D eigenvalue weighted by atomic mass is 9.96. The maximum Gasteiger partial charge on any atom is 0.155 e. The lowest BCUT2D eigenvalue weighted by Gasteiger charge is -2.10. The van der Waals surface area contributed by atoms with Gasteiger partial charge in [0.2, 0.25) is 0 Å². The Balaban J connectivity index is 2.37. The Labute approximate surface area is 81.4 Å². The van der Waals surface area contributed by atoms with Crippen molar-refractivity contribution in [2.45, 2.75) is 32.1 Å². The zero-order chi connectivity index (χ0) is 8.10. The lowest BCUT2D eigenvalue weighted by molar-refractivity contribution is -0.115. The highest BCUT2D eigenvalue weighted by Gasteiger charge is 2.08. The summed E-state index contributed by atoms with van der Waals surface area (Å²) in [4.78, 5) is 11.0. The molecule has 1 nitrogen and oxygen atoms in total. The molecule has 0 fully saturated rings. The van der Waals surface area contributed by atoms with Crippen molar-refractivity contribution in [3.63, 3.8) is 0 Å². The van der Waals surface area contributed by atoms with E-state index in [0.717, 1.165) is 25.7 Å². The Morgan fingerprint density at radius 3 is 2.91 bits per heavy atom. The van der Waals surface area contributed by atoms with E-state index in [9.17, 15) is 4.79 Å². The second-order valence-electron chi connectivity index (χ2n) is 2.91. The van der Waals surface area contributed by atoms with E-state index >= 15 is 0 Å². The average molecular weight is 264 g/mol. The number of allylic oxidation sites excluding steroid dienone is 2. The molecule has 0 atom stereocenters. The Morgan fingerprint density at radius 1 is 1.45 bits per heavy atom. The summed E-state index contributed by atoms with van der Waals surface area (Å²) in [5.74, 6) is 0.333. The van der Waals surface area contributed by atoms with Gasteiger partial charge in [-0.2, -0.15) is 0 Å². The number of carbonyl (C=O) groups is 1. The third-order valence-corrected chi connectivity index (χ3v) is 2.68. The molecule has 0 bridgehead atoms. The maximum absolute atomic E-state index is 11.0. The first-order chi connectivity index (χ1) is 5.33. The van der Waals surface area contributed by atoms with Gasteiger partial charge in [-0.25, -0.2) is 0 Å². The summed E-state index contributed by atoms with van der Waals surface area (Å²) < 4.78 is 1.20. The van der Waals surface area contributed by atoms with E-state index in [0.29, 0.717) is 5.78 Å². The summed E-state index contributed by atoms with van der Waals surface area (Å²) in [5, 5.41) is 0. The molecule has 0 aliphatic heterocycles. The van der Waals surface area contributed by atoms with E-state index < -0.39 is 0 Å². The van der Waals surface area contributed by atoms with Crippen LogP contribution in [0.15, 0.2) is 11.6 Å². The maximum atomic E-state index is 11.0. The fraction of sp³-hybridized carbons (Fsp3) is 0.667. The van der Waals surface area contributed by atoms with Gasteiger partial charge in [0.05, 0.1) is 0 Å². The third kappa shape index (κ3) is 3.36. The molecule has 0 radical (unpaired) electrons. The Kier molecular flexibility index (Phi) is 4.12. The molecular weight excluding hydrogens is 251 g/mol. The predicted octanol–water partition coefficient (Wildman–Crippen LogP) is 2.88. The van der Waals surface area contributed by atoms with Crippen LogP contribution in [0.4, 0.5) is 0 Å². The number of halogens is 1. The van der Waals surface area contributed by atoms with Gasteiger partial charge in [-0.15, -0.1) is 0 Å². The summed E-state index contributed by atoms with van der Waals surface area (Å²) in [6.45, 7) is 0. The summed E-state index contributed by atoms with van der Waals surface area (Å²) in [7, 11) is 0. The number of hydrogen-bond donors (Lipinski definition) is 0. The normalized spacial score (nSPS) is 18.3. The van der Waals surface area contributed by atoms with Crippen LogP contribution in [0.25, 0.3) is 0 Å². The fourth-order valence-electron chi connectivity index (χ4n) is 1.35. The van der Waals surface area contributed by atoms with Crippen LogP contribution in [0.3, 0.4) is 0 Å². The predicted molar refractivity (Wildman–Crippen MR) is 55.1 cm³/mol. The molecule has 0 heterocycles. The molecule has 11 heavy (non-hydrogen) atoms. The highest BCUT2D eigenvalue weighted by atomic mass is 127. The standard InChI is InChI=1S/C9H13IO/c10-6-2-4-8-3-1-5-9(11)7-8/h7H,1-6H2. The SMILES string of the molecule is O=C1C=C(CCCI)CCC1. The largest absolute Gasteiger partial charge is 0.295 e. The molecule has 0 saturated carbocycles. The molecule has 0 aromatic rings. The van der Waals surface area contributed by atoms with E-state index in [-0.39, 0.29) is 0 Å². The second kappa shape index (κ2) is 4.91. The van der Waals surface area contributed by atoms with Gasteiger partial charge in [-0.05, 0) is 36.2 Å². The van der Waals surface area contributed by atoms with E-state index in [2.05, 4.69) is 22.6 Å². The molecule has 0 N–H and O–H groups in total. The molecule has 0 saturated heterocycles. The van der Waals surface area contributed by atoms with Gasteiger partial charge in [0.25, 0.3) is 0 Å². The van der Waals surface area contributed by atoms with Crippen LogP contribution in [0.5, 0.6) is 0 Å². The Bertz CT molecular complexity index is 172. The van der Waals surface area contributed by atoms with E-state index in [4.69, 9.17) is 0 Å². The van der Waals surface area contributed by atoms with Gasteiger partial charge >= 0.3 is 0 Å². The molecule has 0 spiro atoms. The van der Waals surface area contributed by atoms with Crippen LogP contribution >= 0.6 is 22.6 Å². The van der Waals surface area contributed by atoms with Gasteiger partial charge in [0.15, 0.2) is 5.78 Å². The van der Waals surface area contributed by atoms with E-state index in [1.54, 1.807) is 0 Å². The van der Waals surface area contributed by atoms with Gasteiger partial charge in [0.1, 0.15) is 0 Å². The highest BCUT2D eigenvalue weighted by molar-refractivity contribution is 14.1. The fourth-order valence-corrected chi connectivity index (χ4v) is 1.73. The van der Waals surface area contributed by atoms with Crippen LogP contribution in [0, 0.1) is 0 Å². The zero-order valence-corrected chi connectivity index (χ0v) is 8.76. The first kappa shape index (κ1) is 9.23. The van der Waals surface area contributed by atoms with Gasteiger partial charge < -0.3 is 0 Å². The first-order valence-electron chi connectivity index (χ1n) is 4.11. The van der Waals surface area contributed by atoms with Crippen molar-refractivity contribution in [2.75, 3.05) is 4.43 Å².